The summed E-state index contributed by atoms with van der Waals surface area (Å²) < 4.78 is 26.9. The van der Waals surface area contributed by atoms with Gasteiger partial charge in [-0.1, -0.05) is 0 Å². The molecule has 1 aromatic rings. The first kappa shape index (κ1) is 17.4. The maximum Gasteiger partial charge on any atom is 0.308 e. The van der Waals surface area contributed by atoms with E-state index >= 15 is 0 Å². The van der Waals surface area contributed by atoms with Crippen LogP contribution in [0.1, 0.15) is 35.4 Å². The van der Waals surface area contributed by atoms with Gasteiger partial charge in [-0.2, -0.15) is 4.31 Å². The smallest absolute Gasteiger partial charge is 0.308 e. The van der Waals surface area contributed by atoms with E-state index in [1.807, 2.05) is 0 Å². The minimum absolute atomic E-state index is 0.0526. The average molecular weight is 372 g/mol. The summed E-state index contributed by atoms with van der Waals surface area (Å²) in [6.45, 7) is 1.56. The van der Waals surface area contributed by atoms with Gasteiger partial charge in [-0.25, -0.2) is 8.42 Å². The summed E-state index contributed by atoms with van der Waals surface area (Å²) in [4.78, 5) is 25.7. The highest BCUT2D eigenvalue weighted by molar-refractivity contribution is 7.89. The van der Waals surface area contributed by atoms with Crippen molar-refractivity contribution in [3.05, 3.63) is 16.3 Å². The normalized spacial score (nSPS) is 22.7. The Labute approximate surface area is 144 Å². The predicted molar refractivity (Wildman–Crippen MR) is 88.6 cm³/mol. The summed E-state index contributed by atoms with van der Waals surface area (Å²) in [7, 11) is -3.66. The van der Waals surface area contributed by atoms with Crippen LogP contribution in [0.5, 0.6) is 0 Å². The van der Waals surface area contributed by atoms with E-state index in [0.29, 0.717) is 32.5 Å². The molecule has 0 bridgehead atoms. The van der Waals surface area contributed by atoms with Crippen LogP contribution in [0.25, 0.3) is 0 Å². The highest BCUT2D eigenvalue weighted by Crippen LogP contribution is 2.30. The van der Waals surface area contributed by atoms with Gasteiger partial charge in [0.05, 0.1) is 5.92 Å². The molecule has 2 aliphatic heterocycles. The number of piperidine rings is 1. The molecule has 2 fully saturated rings. The molecule has 1 N–H and O–H groups in total. The fraction of sp³-hybridized carbons (Fsp3) is 0.600. The highest BCUT2D eigenvalue weighted by atomic mass is 32.2. The first-order valence-corrected chi connectivity index (χ1v) is 10.3. The third-order valence-corrected chi connectivity index (χ3v) is 7.54. The Morgan fingerprint density at radius 2 is 1.88 bits per heavy atom. The molecule has 3 heterocycles. The van der Waals surface area contributed by atoms with E-state index in [-0.39, 0.29) is 22.2 Å². The van der Waals surface area contributed by atoms with Crippen LogP contribution >= 0.6 is 11.3 Å². The molecule has 0 aliphatic carbocycles. The lowest BCUT2D eigenvalue weighted by molar-refractivity contribution is -0.143. The van der Waals surface area contributed by atoms with Crippen molar-refractivity contribution < 1.29 is 23.1 Å². The molecular weight excluding hydrogens is 352 g/mol. The zero-order valence-corrected chi connectivity index (χ0v) is 14.8. The van der Waals surface area contributed by atoms with Crippen LogP contribution in [0.3, 0.4) is 0 Å². The molecule has 9 heteroatoms. The van der Waals surface area contributed by atoms with Crippen molar-refractivity contribution in [3.8, 4) is 0 Å². The van der Waals surface area contributed by atoms with Crippen molar-refractivity contribution in [1.82, 2.24) is 9.21 Å². The van der Waals surface area contributed by atoms with Gasteiger partial charge in [0.15, 0.2) is 0 Å². The van der Waals surface area contributed by atoms with E-state index in [9.17, 15) is 18.0 Å². The first-order valence-electron chi connectivity index (χ1n) is 8.01. The second kappa shape index (κ2) is 6.81. The van der Waals surface area contributed by atoms with E-state index in [2.05, 4.69) is 0 Å². The number of likely N-dealkylation sites (tertiary alicyclic amines) is 1. The summed E-state index contributed by atoms with van der Waals surface area (Å²) in [5.74, 6) is -1.88. The lowest BCUT2D eigenvalue weighted by atomic mass is 9.98. The Kier molecular flexibility index (Phi) is 4.93. The van der Waals surface area contributed by atoms with E-state index < -0.39 is 21.9 Å². The average Bonchev–Trinajstić information content (AvgIpc) is 3.26. The summed E-state index contributed by atoms with van der Waals surface area (Å²) >= 11 is 1.10. The Hall–Kier alpha value is -1.45. The molecule has 0 radical (unpaired) electrons. The SMILES string of the molecule is O=C(O)C1CCCN(C(=O)c2sccc2S(=O)(=O)N2CCCC2)C1. The van der Waals surface area contributed by atoms with Gasteiger partial charge in [-0.15, -0.1) is 11.3 Å². The zero-order valence-electron chi connectivity index (χ0n) is 13.2. The predicted octanol–water partition coefficient (Wildman–Crippen LogP) is 1.47. The Morgan fingerprint density at radius 1 is 1.17 bits per heavy atom. The molecule has 2 aliphatic rings. The molecule has 1 aromatic heterocycles. The van der Waals surface area contributed by atoms with Gasteiger partial charge in [-0.05, 0) is 37.1 Å². The number of thiophene rings is 1. The molecule has 0 spiro atoms. The monoisotopic (exact) mass is 372 g/mol. The van der Waals surface area contributed by atoms with Crippen LogP contribution in [-0.4, -0.2) is 60.8 Å². The molecule has 1 amide bonds. The number of aliphatic carboxylic acids is 1. The minimum Gasteiger partial charge on any atom is -0.481 e. The number of amides is 1. The first-order chi connectivity index (χ1) is 11.4. The van der Waals surface area contributed by atoms with Gasteiger partial charge in [0, 0.05) is 26.2 Å². The topological polar surface area (TPSA) is 95.0 Å². The molecule has 24 heavy (non-hydrogen) atoms. The van der Waals surface area contributed by atoms with Crippen LogP contribution in [0.2, 0.25) is 0 Å². The van der Waals surface area contributed by atoms with Crippen molar-refractivity contribution in [1.29, 1.82) is 0 Å². The van der Waals surface area contributed by atoms with E-state index in [0.717, 1.165) is 24.2 Å². The van der Waals surface area contributed by atoms with Gasteiger partial charge in [0.25, 0.3) is 5.91 Å². The summed E-state index contributed by atoms with van der Waals surface area (Å²) in [6, 6.07) is 1.48. The standard InChI is InChI=1S/C15H20N2O5S2/c18-14(16-6-3-4-11(10-16)15(19)20)13-12(5-9-23-13)24(21,22)17-7-1-2-8-17/h5,9,11H,1-4,6-8,10H2,(H,19,20). The number of nitrogens with zero attached hydrogens (tertiary/aromatic N) is 2. The summed E-state index contributed by atoms with van der Waals surface area (Å²) in [6.07, 6.45) is 2.82. The van der Waals surface area contributed by atoms with Gasteiger partial charge in [-0.3, -0.25) is 9.59 Å². The third kappa shape index (κ3) is 3.20. The van der Waals surface area contributed by atoms with Crippen molar-refractivity contribution in [2.45, 2.75) is 30.6 Å². The van der Waals surface area contributed by atoms with E-state index in [4.69, 9.17) is 5.11 Å². The lowest BCUT2D eigenvalue weighted by Crippen LogP contribution is -2.42. The summed E-state index contributed by atoms with van der Waals surface area (Å²) in [5.41, 5.74) is 0. The zero-order chi connectivity index (χ0) is 17.3. The van der Waals surface area contributed by atoms with Crippen molar-refractivity contribution in [2.24, 2.45) is 5.92 Å². The second-order valence-corrected chi connectivity index (χ2v) is 8.98. The number of hydrogen-bond acceptors (Lipinski definition) is 5. The molecule has 1 atom stereocenters. The molecule has 1 unspecified atom stereocenters. The molecule has 3 rings (SSSR count). The Bertz CT molecular complexity index is 737. The van der Waals surface area contributed by atoms with Crippen LogP contribution in [0, 0.1) is 5.92 Å². The Balaban J connectivity index is 1.84. The molecule has 0 aromatic carbocycles. The lowest BCUT2D eigenvalue weighted by Gasteiger charge is -2.30. The summed E-state index contributed by atoms with van der Waals surface area (Å²) in [5, 5.41) is 10.8. The number of carboxylic acid groups (broad SMARTS) is 1. The van der Waals surface area contributed by atoms with E-state index in [1.165, 1.54) is 15.3 Å². The fourth-order valence-corrected chi connectivity index (χ4v) is 6.11. The third-order valence-electron chi connectivity index (χ3n) is 4.56. The van der Waals surface area contributed by atoms with Gasteiger partial charge < -0.3 is 10.0 Å². The second-order valence-electron chi connectivity index (χ2n) is 6.15. The molecule has 0 saturated carbocycles. The number of rotatable bonds is 4. The molecule has 132 valence electrons. The van der Waals surface area contributed by atoms with Crippen LogP contribution < -0.4 is 0 Å². The van der Waals surface area contributed by atoms with Crippen LogP contribution in [0.15, 0.2) is 16.3 Å². The van der Waals surface area contributed by atoms with Crippen molar-refractivity contribution in [3.63, 3.8) is 0 Å². The van der Waals surface area contributed by atoms with Gasteiger partial charge >= 0.3 is 5.97 Å². The number of carbonyl (C=O) groups excluding carboxylic acids is 1. The fourth-order valence-electron chi connectivity index (χ4n) is 3.23. The molecule has 2 saturated heterocycles. The maximum atomic E-state index is 12.8. The maximum absolute atomic E-state index is 12.8. The largest absolute Gasteiger partial charge is 0.481 e. The molecule has 7 nitrogen and oxygen atoms in total. The number of sulfonamides is 1. The molecular formula is C15H20N2O5S2. The van der Waals surface area contributed by atoms with Crippen LogP contribution in [0.4, 0.5) is 0 Å². The van der Waals surface area contributed by atoms with Crippen molar-refractivity contribution in [2.75, 3.05) is 26.2 Å². The number of carbonyl (C=O) groups is 2. The van der Waals surface area contributed by atoms with Gasteiger partial charge in [0.2, 0.25) is 10.0 Å². The minimum atomic E-state index is -3.66. The number of hydrogen-bond donors (Lipinski definition) is 1. The number of carboxylic acids is 1. The highest BCUT2D eigenvalue weighted by Gasteiger charge is 2.35. The Morgan fingerprint density at radius 3 is 2.54 bits per heavy atom. The van der Waals surface area contributed by atoms with E-state index in [1.54, 1.807) is 5.38 Å². The van der Waals surface area contributed by atoms with Crippen molar-refractivity contribution >= 4 is 33.2 Å². The van der Waals surface area contributed by atoms with Crippen LogP contribution in [-0.2, 0) is 14.8 Å². The van der Waals surface area contributed by atoms with Gasteiger partial charge in [0.1, 0.15) is 9.77 Å². The quantitative estimate of drug-likeness (QED) is 0.864.